The van der Waals surface area contributed by atoms with Crippen LogP contribution in [0.4, 0.5) is 0 Å². The van der Waals surface area contributed by atoms with Gasteiger partial charge < -0.3 is 18.4 Å². The molecule has 2 aliphatic rings. The second-order valence-electron chi connectivity index (χ2n) is 18.7. The second kappa shape index (κ2) is 14.2. The maximum Gasteiger partial charge on any atom is 0.134 e. The summed E-state index contributed by atoms with van der Waals surface area (Å²) < 4.78 is 14.4. The van der Waals surface area contributed by atoms with Gasteiger partial charge >= 0.3 is 0 Å². The first-order chi connectivity index (χ1) is 35.2. The van der Waals surface area contributed by atoms with Crippen LogP contribution in [0.25, 0.3) is 105 Å². The highest BCUT2D eigenvalue weighted by atomic mass is 16.5. The lowest BCUT2D eigenvalue weighted by molar-refractivity contribution is 0.436. The molecule has 7 heteroatoms. The van der Waals surface area contributed by atoms with E-state index in [2.05, 4.69) is 208 Å². The molecule has 0 radical (unpaired) electrons. The molecule has 0 saturated heterocycles. The minimum atomic E-state index is -0.719. The molecule has 7 heterocycles. The first-order valence-electron chi connectivity index (χ1n) is 24.1. The highest BCUT2D eigenvalue weighted by Gasteiger charge is 2.52. The van der Waals surface area contributed by atoms with E-state index in [4.69, 9.17) is 19.7 Å². The number of benzene rings is 8. The predicted molar refractivity (Wildman–Crippen MR) is 286 cm³/mol. The summed E-state index contributed by atoms with van der Waals surface area (Å²) in [6, 6.07) is 74.4. The van der Waals surface area contributed by atoms with Gasteiger partial charge in [0, 0.05) is 73.8 Å². The lowest BCUT2D eigenvalue weighted by Gasteiger charge is -2.39. The van der Waals surface area contributed by atoms with E-state index in [-0.39, 0.29) is 0 Å². The van der Waals surface area contributed by atoms with Crippen LogP contribution in [-0.2, 0) is 5.41 Å². The van der Waals surface area contributed by atoms with Crippen molar-refractivity contribution < 1.29 is 4.74 Å². The van der Waals surface area contributed by atoms with Gasteiger partial charge in [0.2, 0.25) is 0 Å². The normalized spacial score (nSPS) is 13.3. The summed E-state index contributed by atoms with van der Waals surface area (Å²) in [6.45, 7) is 0. The molecule has 6 aromatic heterocycles. The lowest BCUT2D eigenvalue weighted by Crippen LogP contribution is -2.32. The zero-order valence-corrected chi connectivity index (χ0v) is 38.0. The van der Waals surface area contributed by atoms with Gasteiger partial charge in [0.15, 0.2) is 0 Å². The molecule has 1 spiro atoms. The Morgan fingerprint density at radius 1 is 0.338 bits per heavy atom. The van der Waals surface area contributed by atoms with Gasteiger partial charge in [-0.2, -0.15) is 0 Å². The largest absolute Gasteiger partial charge is 0.457 e. The van der Waals surface area contributed by atoms with Crippen molar-refractivity contribution in [2.75, 3.05) is 0 Å². The van der Waals surface area contributed by atoms with E-state index >= 15 is 0 Å². The maximum absolute atomic E-state index is 7.28. The topological polar surface area (TPSA) is 62.7 Å². The fraction of sp³-hybridized carbons (Fsp3) is 0.0156. The van der Waals surface area contributed by atoms with Gasteiger partial charge in [-0.3, -0.25) is 15.0 Å². The molecular weight excluding hydrogens is 869 g/mol. The van der Waals surface area contributed by atoms with Crippen molar-refractivity contribution in [2.24, 2.45) is 0 Å². The molecule has 14 aromatic rings. The van der Waals surface area contributed by atoms with Crippen molar-refractivity contribution in [3.8, 4) is 51.1 Å². The summed E-state index contributed by atoms with van der Waals surface area (Å²) in [5.74, 6) is 1.60. The summed E-state index contributed by atoms with van der Waals surface area (Å²) in [5.41, 5.74) is 17.5. The van der Waals surface area contributed by atoms with Crippen molar-refractivity contribution in [1.29, 1.82) is 0 Å². The summed E-state index contributed by atoms with van der Waals surface area (Å²) in [7, 11) is 0. The lowest BCUT2D eigenvalue weighted by atomic mass is 9.66. The number of nitrogens with zero attached hydrogens (tertiary/aromatic N) is 6. The van der Waals surface area contributed by atoms with E-state index in [1.54, 1.807) is 0 Å². The number of hydrogen-bond donors (Lipinski definition) is 0. The van der Waals surface area contributed by atoms with Crippen LogP contribution >= 0.6 is 0 Å². The summed E-state index contributed by atoms with van der Waals surface area (Å²) >= 11 is 0. The van der Waals surface area contributed by atoms with Crippen molar-refractivity contribution in [3.63, 3.8) is 0 Å². The van der Waals surface area contributed by atoms with Crippen LogP contribution in [0.15, 0.2) is 231 Å². The first kappa shape index (κ1) is 38.4. The highest BCUT2D eigenvalue weighted by molar-refractivity contribution is 6.13. The Labute approximate surface area is 406 Å². The van der Waals surface area contributed by atoms with E-state index < -0.39 is 5.41 Å². The average molecular weight is 907 g/mol. The molecule has 0 bridgehead atoms. The summed E-state index contributed by atoms with van der Waals surface area (Å²) in [5, 5.41) is 7.20. The Morgan fingerprint density at radius 2 is 0.803 bits per heavy atom. The molecule has 0 unspecified atom stereocenters. The number of fused-ring (bicyclic) bond motifs is 18. The van der Waals surface area contributed by atoms with Crippen LogP contribution in [0.2, 0.25) is 0 Å². The third-order valence-electron chi connectivity index (χ3n) is 15.3. The van der Waals surface area contributed by atoms with Crippen molar-refractivity contribution in [3.05, 3.63) is 253 Å². The van der Waals surface area contributed by atoms with Gasteiger partial charge in [-0.15, -0.1) is 0 Å². The van der Waals surface area contributed by atoms with Crippen LogP contribution in [0.3, 0.4) is 0 Å². The second-order valence-corrected chi connectivity index (χ2v) is 18.7. The quantitative estimate of drug-likeness (QED) is 0.176. The molecular formula is C64H38N6O. The Bertz CT molecular complexity index is 4440. The van der Waals surface area contributed by atoms with Gasteiger partial charge in [0.05, 0.1) is 67.5 Å². The Morgan fingerprint density at radius 3 is 1.39 bits per heavy atom. The zero-order chi connectivity index (χ0) is 46.4. The fourth-order valence-electron chi connectivity index (χ4n) is 12.5. The molecule has 8 aromatic carbocycles. The standard InChI is InChI=1S/C64H38N6O/c1-6-20-52-42(13-1)43-14-2-7-21-53(43)68(52)41-27-29-49-61(37-41)71-60-36-40(25-28-48(60)64(49)50-18-11-32-66-62(50)63-51(64)19-12-33-67-63)39-26-30-57-47(35-39)46-17-5-10-24-56(46)70(57)59-38-65-34-31-58(59)69-54-22-8-3-15-44(54)45-16-4-9-23-55(45)69/h1-38H. The van der Waals surface area contributed by atoms with Crippen molar-refractivity contribution >= 4 is 65.4 Å². The van der Waals surface area contributed by atoms with Crippen molar-refractivity contribution in [1.82, 2.24) is 28.7 Å². The predicted octanol–water partition coefficient (Wildman–Crippen LogP) is 15.3. The molecule has 7 nitrogen and oxygen atoms in total. The SMILES string of the molecule is c1cnc2c(c1)C1(c3ccc(-c4ccc5c(c4)c4ccccc4n5-c4cnccc4-n4c5ccccc5c5ccccc54)cc3Oc3cc(-n4c5ccccc5c5ccccc54)ccc31)c1cccnc1-2. The van der Waals surface area contributed by atoms with Gasteiger partial charge in [0.1, 0.15) is 11.5 Å². The third kappa shape index (κ3) is 5.08. The molecule has 0 saturated carbocycles. The van der Waals surface area contributed by atoms with E-state index in [1.807, 2.05) is 36.9 Å². The Kier molecular flexibility index (Phi) is 7.69. The van der Waals surface area contributed by atoms with E-state index in [0.717, 1.165) is 112 Å². The van der Waals surface area contributed by atoms with Crippen LogP contribution in [0.5, 0.6) is 11.5 Å². The minimum Gasteiger partial charge on any atom is -0.457 e. The number of aromatic nitrogens is 6. The molecule has 0 N–H and O–H groups in total. The zero-order valence-electron chi connectivity index (χ0n) is 38.0. The molecule has 330 valence electrons. The molecule has 1 aliphatic carbocycles. The van der Waals surface area contributed by atoms with Gasteiger partial charge in [-0.05, 0) is 95.1 Å². The van der Waals surface area contributed by atoms with Crippen molar-refractivity contribution in [2.45, 2.75) is 5.41 Å². The molecule has 16 rings (SSSR count). The molecule has 71 heavy (non-hydrogen) atoms. The smallest absolute Gasteiger partial charge is 0.134 e. The van der Waals surface area contributed by atoms with Gasteiger partial charge in [0.25, 0.3) is 0 Å². The number of hydrogen-bond acceptors (Lipinski definition) is 4. The monoisotopic (exact) mass is 906 g/mol. The Balaban J connectivity index is 0.894. The third-order valence-corrected chi connectivity index (χ3v) is 15.3. The fourth-order valence-corrected chi connectivity index (χ4v) is 12.5. The summed E-state index contributed by atoms with van der Waals surface area (Å²) in [4.78, 5) is 14.7. The average Bonchev–Trinajstić information content (AvgIpc) is 4.15. The molecule has 0 atom stereocenters. The molecule has 0 fully saturated rings. The number of pyridine rings is 3. The van der Waals surface area contributed by atoms with Crippen LogP contribution in [-0.4, -0.2) is 28.7 Å². The van der Waals surface area contributed by atoms with Gasteiger partial charge in [-0.1, -0.05) is 127 Å². The highest BCUT2D eigenvalue weighted by Crippen LogP contribution is 2.62. The van der Waals surface area contributed by atoms with E-state index in [9.17, 15) is 0 Å². The minimum absolute atomic E-state index is 0.719. The molecule has 0 amide bonds. The van der Waals surface area contributed by atoms with E-state index in [1.165, 1.54) is 26.9 Å². The summed E-state index contributed by atoms with van der Waals surface area (Å²) in [6.07, 6.45) is 7.65. The number of para-hydroxylation sites is 5. The molecule has 1 aliphatic heterocycles. The van der Waals surface area contributed by atoms with Crippen LogP contribution in [0.1, 0.15) is 22.3 Å². The number of rotatable bonds is 4. The van der Waals surface area contributed by atoms with Crippen LogP contribution < -0.4 is 4.74 Å². The van der Waals surface area contributed by atoms with Crippen LogP contribution in [0, 0.1) is 0 Å². The van der Waals surface area contributed by atoms with Gasteiger partial charge in [-0.25, -0.2) is 0 Å². The van der Waals surface area contributed by atoms with E-state index in [0.29, 0.717) is 0 Å². The Hall–Kier alpha value is -9.59. The number of ether oxygens (including phenoxy) is 1. The maximum atomic E-state index is 7.28. The first-order valence-corrected chi connectivity index (χ1v) is 24.1.